The van der Waals surface area contributed by atoms with Crippen LogP contribution in [0.5, 0.6) is 0 Å². The summed E-state index contributed by atoms with van der Waals surface area (Å²) in [4.78, 5) is 25.6. The van der Waals surface area contributed by atoms with E-state index in [4.69, 9.17) is 5.11 Å². The summed E-state index contributed by atoms with van der Waals surface area (Å²) in [6.07, 6.45) is 3.17. The second kappa shape index (κ2) is 7.89. The number of aromatic amines is 1. The first-order valence-corrected chi connectivity index (χ1v) is 8.41. The van der Waals surface area contributed by atoms with Crippen molar-refractivity contribution < 1.29 is 14.7 Å². The number of H-pyrrole nitrogens is 1. The lowest BCUT2D eigenvalue weighted by molar-refractivity contribution is -0.133. The minimum absolute atomic E-state index is 0.0428. The first-order chi connectivity index (χ1) is 10.6. The average molecular weight is 320 g/mol. The van der Waals surface area contributed by atoms with Crippen molar-refractivity contribution in [2.75, 3.05) is 18.1 Å². The number of aryl methyl sites for hydroxylation is 1. The van der Waals surface area contributed by atoms with Gasteiger partial charge in [0.15, 0.2) is 0 Å². The van der Waals surface area contributed by atoms with Gasteiger partial charge in [-0.15, -0.1) is 11.8 Å². The minimum Gasteiger partial charge on any atom is -0.481 e. The molecular weight excluding hydrogens is 300 g/mol. The zero-order valence-corrected chi connectivity index (χ0v) is 13.3. The number of hydrogen-bond acceptors (Lipinski definition) is 3. The standard InChI is InChI=1S/C16H20N2O3S/c1-2-11-4-3-5-13-12(9-18-16(11)13)8-14(19)17-6-7-22-10-15(20)21/h3-5,9,18H,2,6-8,10H2,1H3,(H,17,19)(H,20,21). The molecule has 22 heavy (non-hydrogen) atoms. The van der Waals surface area contributed by atoms with Crippen molar-refractivity contribution in [1.29, 1.82) is 0 Å². The fourth-order valence-corrected chi connectivity index (χ4v) is 2.94. The van der Waals surface area contributed by atoms with Gasteiger partial charge in [0.25, 0.3) is 0 Å². The van der Waals surface area contributed by atoms with Gasteiger partial charge in [-0.3, -0.25) is 9.59 Å². The van der Waals surface area contributed by atoms with Crippen molar-refractivity contribution in [3.8, 4) is 0 Å². The maximum absolute atomic E-state index is 12.0. The van der Waals surface area contributed by atoms with Gasteiger partial charge in [-0.05, 0) is 17.5 Å². The molecule has 1 aromatic carbocycles. The summed E-state index contributed by atoms with van der Waals surface area (Å²) < 4.78 is 0. The van der Waals surface area contributed by atoms with Gasteiger partial charge in [0.2, 0.25) is 5.91 Å². The lowest BCUT2D eigenvalue weighted by Gasteiger charge is -2.04. The molecule has 0 aliphatic heterocycles. The van der Waals surface area contributed by atoms with Crippen molar-refractivity contribution in [3.05, 3.63) is 35.5 Å². The number of carbonyl (C=O) groups is 2. The van der Waals surface area contributed by atoms with Crippen LogP contribution in [0.1, 0.15) is 18.1 Å². The maximum atomic E-state index is 12.0. The lowest BCUT2D eigenvalue weighted by atomic mass is 10.1. The Bertz CT molecular complexity index is 666. The number of carboxylic acid groups (broad SMARTS) is 1. The predicted octanol–water partition coefficient (Wildman–Crippen LogP) is 2.21. The Morgan fingerprint density at radius 3 is 2.86 bits per heavy atom. The summed E-state index contributed by atoms with van der Waals surface area (Å²) >= 11 is 1.30. The average Bonchev–Trinajstić information content (AvgIpc) is 2.89. The molecule has 0 unspecified atom stereocenters. The van der Waals surface area contributed by atoms with Gasteiger partial charge in [-0.1, -0.05) is 25.1 Å². The number of aromatic nitrogens is 1. The summed E-state index contributed by atoms with van der Waals surface area (Å²) in [5.41, 5.74) is 3.33. The number of benzene rings is 1. The van der Waals surface area contributed by atoms with E-state index in [9.17, 15) is 9.59 Å². The third kappa shape index (κ3) is 4.27. The van der Waals surface area contributed by atoms with Crippen molar-refractivity contribution >= 4 is 34.5 Å². The number of carbonyl (C=O) groups excluding carboxylic acids is 1. The zero-order chi connectivity index (χ0) is 15.9. The third-order valence-electron chi connectivity index (χ3n) is 3.41. The highest BCUT2D eigenvalue weighted by Gasteiger charge is 2.10. The van der Waals surface area contributed by atoms with Gasteiger partial charge in [0.1, 0.15) is 0 Å². The van der Waals surface area contributed by atoms with Crippen LogP contribution >= 0.6 is 11.8 Å². The Morgan fingerprint density at radius 2 is 2.14 bits per heavy atom. The molecule has 0 spiro atoms. The molecule has 5 nitrogen and oxygen atoms in total. The van der Waals surface area contributed by atoms with Gasteiger partial charge < -0.3 is 15.4 Å². The van der Waals surface area contributed by atoms with Crippen molar-refractivity contribution in [2.24, 2.45) is 0 Å². The summed E-state index contributed by atoms with van der Waals surface area (Å²) in [6.45, 7) is 2.59. The molecule has 6 heteroatoms. The number of para-hydroxylation sites is 1. The largest absolute Gasteiger partial charge is 0.481 e. The molecule has 0 atom stereocenters. The number of amides is 1. The summed E-state index contributed by atoms with van der Waals surface area (Å²) in [5.74, 6) is -0.204. The van der Waals surface area contributed by atoms with Gasteiger partial charge in [-0.2, -0.15) is 0 Å². The number of nitrogens with one attached hydrogen (secondary N) is 2. The Kier molecular flexibility index (Phi) is 5.89. The van der Waals surface area contributed by atoms with Crippen LogP contribution in [-0.2, 0) is 22.4 Å². The second-order valence-electron chi connectivity index (χ2n) is 4.98. The number of hydrogen-bond donors (Lipinski definition) is 3. The van der Waals surface area contributed by atoms with Crippen LogP contribution in [0.2, 0.25) is 0 Å². The van der Waals surface area contributed by atoms with Crippen LogP contribution in [0.25, 0.3) is 10.9 Å². The minimum atomic E-state index is -0.832. The fourth-order valence-electron chi connectivity index (χ4n) is 2.37. The number of fused-ring (bicyclic) bond motifs is 1. The van der Waals surface area contributed by atoms with Gasteiger partial charge in [0, 0.05) is 29.4 Å². The Balaban J connectivity index is 1.88. The molecule has 2 rings (SSSR count). The highest BCUT2D eigenvalue weighted by atomic mass is 32.2. The summed E-state index contributed by atoms with van der Waals surface area (Å²) in [5, 5.41) is 12.4. The molecule has 1 aromatic heterocycles. The van der Waals surface area contributed by atoms with Crippen molar-refractivity contribution in [3.63, 3.8) is 0 Å². The SMILES string of the molecule is CCc1cccc2c(CC(=O)NCCSCC(=O)O)c[nH]c12. The molecule has 0 fully saturated rings. The molecular formula is C16H20N2O3S. The van der Waals surface area contributed by atoms with Gasteiger partial charge in [-0.25, -0.2) is 0 Å². The van der Waals surface area contributed by atoms with E-state index in [0.29, 0.717) is 18.7 Å². The molecule has 0 saturated heterocycles. The molecule has 0 saturated carbocycles. The van der Waals surface area contributed by atoms with E-state index >= 15 is 0 Å². The number of rotatable bonds is 8. The van der Waals surface area contributed by atoms with Gasteiger partial charge in [0.05, 0.1) is 12.2 Å². The Hall–Kier alpha value is -1.95. The number of thioether (sulfide) groups is 1. The van der Waals surface area contributed by atoms with E-state index in [2.05, 4.69) is 23.3 Å². The van der Waals surface area contributed by atoms with Crippen molar-refractivity contribution in [1.82, 2.24) is 10.3 Å². The fraction of sp³-hybridized carbons (Fsp3) is 0.375. The molecule has 1 amide bonds. The molecule has 0 radical (unpaired) electrons. The van der Waals surface area contributed by atoms with E-state index in [-0.39, 0.29) is 11.7 Å². The lowest BCUT2D eigenvalue weighted by Crippen LogP contribution is -2.27. The van der Waals surface area contributed by atoms with E-state index in [1.165, 1.54) is 17.3 Å². The highest BCUT2D eigenvalue weighted by Crippen LogP contribution is 2.22. The first-order valence-electron chi connectivity index (χ1n) is 7.26. The van der Waals surface area contributed by atoms with Crippen LogP contribution in [0, 0.1) is 0 Å². The Labute approximate surface area is 133 Å². The van der Waals surface area contributed by atoms with Crippen molar-refractivity contribution in [2.45, 2.75) is 19.8 Å². The van der Waals surface area contributed by atoms with E-state index in [1.54, 1.807) is 0 Å². The summed E-state index contributed by atoms with van der Waals surface area (Å²) in [7, 11) is 0. The van der Waals surface area contributed by atoms with Gasteiger partial charge >= 0.3 is 5.97 Å². The molecule has 2 aromatic rings. The van der Waals surface area contributed by atoms with Crippen LogP contribution in [0.15, 0.2) is 24.4 Å². The second-order valence-corrected chi connectivity index (χ2v) is 6.09. The molecule has 3 N–H and O–H groups in total. The molecule has 118 valence electrons. The zero-order valence-electron chi connectivity index (χ0n) is 12.5. The van der Waals surface area contributed by atoms with Crippen LogP contribution in [0.3, 0.4) is 0 Å². The number of carboxylic acids is 1. The predicted molar refractivity (Wildman–Crippen MR) is 89.4 cm³/mol. The van der Waals surface area contributed by atoms with Crippen LogP contribution in [0.4, 0.5) is 0 Å². The van der Waals surface area contributed by atoms with E-state index in [0.717, 1.165) is 22.9 Å². The van der Waals surface area contributed by atoms with E-state index in [1.807, 2.05) is 18.3 Å². The molecule has 1 heterocycles. The number of aliphatic carboxylic acids is 1. The van der Waals surface area contributed by atoms with E-state index < -0.39 is 5.97 Å². The highest BCUT2D eigenvalue weighted by molar-refractivity contribution is 7.99. The van der Waals surface area contributed by atoms with Crippen LogP contribution in [-0.4, -0.2) is 40.0 Å². The quantitative estimate of drug-likeness (QED) is 0.651. The Morgan fingerprint density at radius 1 is 1.32 bits per heavy atom. The molecule has 0 bridgehead atoms. The first kappa shape index (κ1) is 16.4. The summed E-state index contributed by atoms with van der Waals surface area (Å²) in [6, 6.07) is 6.12. The third-order valence-corrected chi connectivity index (χ3v) is 4.36. The monoisotopic (exact) mass is 320 g/mol. The molecule has 0 aliphatic rings. The normalized spacial score (nSPS) is 10.8. The van der Waals surface area contributed by atoms with Crippen LogP contribution < -0.4 is 5.32 Å². The molecule has 0 aliphatic carbocycles. The maximum Gasteiger partial charge on any atom is 0.313 e. The topological polar surface area (TPSA) is 82.2 Å². The smallest absolute Gasteiger partial charge is 0.313 e.